The molecule has 1 heterocycles. The fourth-order valence-electron chi connectivity index (χ4n) is 2.55. The third kappa shape index (κ3) is 3.54. The number of carboxylic acids is 1. The lowest BCUT2D eigenvalue weighted by molar-refractivity contribution is -0.147. The van der Waals surface area contributed by atoms with Crippen LogP contribution in [0.25, 0.3) is 0 Å². The molecular formula is C16H21NO4. The monoisotopic (exact) mass is 291 g/mol. The fraction of sp³-hybridized carbons (Fsp3) is 0.500. The summed E-state index contributed by atoms with van der Waals surface area (Å²) in [7, 11) is 1.62. The van der Waals surface area contributed by atoms with Crippen LogP contribution in [0.4, 0.5) is 0 Å². The topological polar surface area (TPSA) is 66.8 Å². The minimum atomic E-state index is -0.826. The van der Waals surface area contributed by atoms with E-state index in [9.17, 15) is 14.7 Å². The van der Waals surface area contributed by atoms with Crippen molar-refractivity contribution >= 4 is 11.9 Å². The van der Waals surface area contributed by atoms with Crippen molar-refractivity contribution in [3.05, 3.63) is 29.8 Å². The molecular weight excluding hydrogens is 270 g/mol. The van der Waals surface area contributed by atoms with Gasteiger partial charge in [0.2, 0.25) is 5.91 Å². The summed E-state index contributed by atoms with van der Waals surface area (Å²) in [4.78, 5) is 25.0. The van der Waals surface area contributed by atoms with Crippen molar-refractivity contribution in [2.45, 2.75) is 26.2 Å². The van der Waals surface area contributed by atoms with Gasteiger partial charge in [0.05, 0.1) is 12.5 Å². The molecule has 0 bridgehead atoms. The Kier molecular flexibility index (Phi) is 4.50. The predicted molar refractivity (Wildman–Crippen MR) is 78.3 cm³/mol. The van der Waals surface area contributed by atoms with Gasteiger partial charge >= 0.3 is 5.97 Å². The zero-order chi connectivity index (χ0) is 15.5. The minimum absolute atomic E-state index is 0.0239. The van der Waals surface area contributed by atoms with Gasteiger partial charge in [-0.3, -0.25) is 9.59 Å². The Morgan fingerprint density at radius 1 is 1.33 bits per heavy atom. The molecule has 0 unspecified atom stereocenters. The highest BCUT2D eigenvalue weighted by Crippen LogP contribution is 2.30. The molecule has 114 valence electrons. The van der Waals surface area contributed by atoms with Crippen LogP contribution in [0.1, 0.15) is 25.3 Å². The second kappa shape index (κ2) is 6.16. The normalized spacial score (nSPS) is 21.3. The average molecular weight is 291 g/mol. The summed E-state index contributed by atoms with van der Waals surface area (Å²) in [5.74, 6) is -0.00871. The Bertz CT molecular complexity index is 526. The molecule has 1 saturated heterocycles. The second-order valence-electron chi connectivity index (χ2n) is 5.78. The van der Waals surface area contributed by atoms with E-state index in [0.717, 1.165) is 11.3 Å². The molecule has 0 aliphatic carbocycles. The van der Waals surface area contributed by atoms with E-state index in [2.05, 4.69) is 0 Å². The van der Waals surface area contributed by atoms with Gasteiger partial charge in [-0.1, -0.05) is 12.1 Å². The lowest BCUT2D eigenvalue weighted by atomic mass is 9.90. The number of rotatable bonds is 5. The summed E-state index contributed by atoms with van der Waals surface area (Å²) in [6.07, 6.45) is 1.59. The van der Waals surface area contributed by atoms with Crippen LogP contribution in [-0.4, -0.2) is 42.1 Å². The summed E-state index contributed by atoms with van der Waals surface area (Å²) in [5, 5.41) is 9.18. The third-order valence-corrected chi connectivity index (χ3v) is 4.13. The van der Waals surface area contributed by atoms with Crippen LogP contribution >= 0.6 is 0 Å². The molecule has 1 N–H and O–H groups in total. The number of ether oxygens (including phenoxy) is 1. The van der Waals surface area contributed by atoms with E-state index < -0.39 is 11.4 Å². The maximum absolute atomic E-state index is 12.2. The molecule has 1 aliphatic heterocycles. The Morgan fingerprint density at radius 3 is 2.52 bits per heavy atom. The van der Waals surface area contributed by atoms with E-state index in [4.69, 9.17) is 4.74 Å². The van der Waals surface area contributed by atoms with Crippen molar-refractivity contribution in [1.82, 2.24) is 4.90 Å². The van der Waals surface area contributed by atoms with Crippen molar-refractivity contribution in [3.63, 3.8) is 0 Å². The van der Waals surface area contributed by atoms with Gasteiger partial charge in [-0.15, -0.1) is 0 Å². The van der Waals surface area contributed by atoms with Gasteiger partial charge < -0.3 is 14.7 Å². The van der Waals surface area contributed by atoms with Gasteiger partial charge in [-0.05, 0) is 37.5 Å². The molecule has 1 amide bonds. The second-order valence-corrected chi connectivity index (χ2v) is 5.78. The molecule has 5 nitrogen and oxygen atoms in total. The summed E-state index contributed by atoms with van der Waals surface area (Å²) in [6.45, 7) is 2.54. The maximum atomic E-state index is 12.2. The average Bonchev–Trinajstić information content (AvgIpc) is 2.89. The molecule has 0 aromatic heterocycles. The molecule has 1 aromatic rings. The summed E-state index contributed by atoms with van der Waals surface area (Å²) in [5.41, 5.74) is 0.278. The number of benzene rings is 1. The minimum Gasteiger partial charge on any atom is -0.497 e. The van der Waals surface area contributed by atoms with Crippen LogP contribution < -0.4 is 4.74 Å². The predicted octanol–water partition coefficient (Wildman–Crippen LogP) is 1.95. The first kappa shape index (κ1) is 15.4. The number of carboxylic acid groups (broad SMARTS) is 1. The maximum Gasteiger partial charge on any atom is 0.311 e. The zero-order valence-electron chi connectivity index (χ0n) is 12.5. The standard InChI is InChI=1S/C16H21NO4/c1-16(15(19)20)9-10-17(11-16)14(18)8-5-12-3-6-13(21-2)7-4-12/h3-4,6-7H,5,8-11H2,1-2H3,(H,19,20)/t16-/m1/s1. The highest BCUT2D eigenvalue weighted by atomic mass is 16.5. The van der Waals surface area contributed by atoms with E-state index in [0.29, 0.717) is 32.4 Å². The summed E-state index contributed by atoms with van der Waals surface area (Å²) in [6, 6.07) is 7.63. The number of hydrogen-bond donors (Lipinski definition) is 1. The Balaban J connectivity index is 1.86. The van der Waals surface area contributed by atoms with Crippen molar-refractivity contribution in [1.29, 1.82) is 0 Å². The largest absolute Gasteiger partial charge is 0.497 e. The molecule has 0 spiro atoms. The lowest BCUT2D eigenvalue weighted by Crippen LogP contribution is -2.34. The molecule has 1 aliphatic rings. The molecule has 1 atom stereocenters. The number of hydrogen-bond acceptors (Lipinski definition) is 3. The van der Waals surface area contributed by atoms with E-state index in [-0.39, 0.29) is 5.91 Å². The van der Waals surface area contributed by atoms with Crippen molar-refractivity contribution < 1.29 is 19.4 Å². The van der Waals surface area contributed by atoms with Gasteiger partial charge in [-0.25, -0.2) is 0 Å². The van der Waals surface area contributed by atoms with Crippen LogP contribution in [0, 0.1) is 5.41 Å². The quantitative estimate of drug-likeness (QED) is 0.900. The van der Waals surface area contributed by atoms with Gasteiger partial charge in [0.1, 0.15) is 5.75 Å². The first-order chi connectivity index (χ1) is 9.94. The number of aliphatic carboxylic acids is 1. The van der Waals surface area contributed by atoms with Gasteiger partial charge in [0.15, 0.2) is 0 Å². The SMILES string of the molecule is COc1ccc(CCC(=O)N2CC[C@@](C)(C(=O)O)C2)cc1. The van der Waals surface area contributed by atoms with Crippen molar-refractivity contribution in [2.75, 3.05) is 20.2 Å². The van der Waals surface area contributed by atoms with Crippen LogP contribution in [0.2, 0.25) is 0 Å². The van der Waals surface area contributed by atoms with Gasteiger partial charge in [0, 0.05) is 19.5 Å². The molecule has 0 radical (unpaired) electrons. The molecule has 1 aromatic carbocycles. The number of aryl methyl sites for hydroxylation is 1. The first-order valence-electron chi connectivity index (χ1n) is 7.09. The zero-order valence-corrected chi connectivity index (χ0v) is 12.5. The number of carbonyl (C=O) groups is 2. The number of methoxy groups -OCH3 is 1. The Morgan fingerprint density at radius 2 is 2.00 bits per heavy atom. The van der Waals surface area contributed by atoms with Crippen LogP contribution in [0.3, 0.4) is 0 Å². The van der Waals surface area contributed by atoms with Crippen LogP contribution in [-0.2, 0) is 16.0 Å². The van der Waals surface area contributed by atoms with Crippen LogP contribution in [0.15, 0.2) is 24.3 Å². The Hall–Kier alpha value is -2.04. The molecule has 2 rings (SSSR count). The van der Waals surface area contributed by atoms with E-state index >= 15 is 0 Å². The van der Waals surface area contributed by atoms with E-state index in [1.807, 2.05) is 24.3 Å². The van der Waals surface area contributed by atoms with Crippen molar-refractivity contribution in [2.24, 2.45) is 5.41 Å². The molecule has 1 fully saturated rings. The highest BCUT2D eigenvalue weighted by Gasteiger charge is 2.41. The smallest absolute Gasteiger partial charge is 0.311 e. The highest BCUT2D eigenvalue weighted by molar-refractivity contribution is 5.80. The van der Waals surface area contributed by atoms with Gasteiger partial charge in [0.25, 0.3) is 0 Å². The molecule has 0 saturated carbocycles. The number of amides is 1. The number of likely N-dealkylation sites (tertiary alicyclic amines) is 1. The number of nitrogens with zero attached hydrogens (tertiary/aromatic N) is 1. The number of carbonyl (C=O) groups excluding carboxylic acids is 1. The third-order valence-electron chi connectivity index (χ3n) is 4.13. The lowest BCUT2D eigenvalue weighted by Gasteiger charge is -2.20. The Labute approximate surface area is 124 Å². The van der Waals surface area contributed by atoms with Crippen molar-refractivity contribution in [3.8, 4) is 5.75 Å². The summed E-state index contributed by atoms with van der Waals surface area (Å²) < 4.78 is 5.09. The van der Waals surface area contributed by atoms with Gasteiger partial charge in [-0.2, -0.15) is 0 Å². The van der Waals surface area contributed by atoms with E-state index in [1.165, 1.54) is 0 Å². The molecule has 21 heavy (non-hydrogen) atoms. The first-order valence-corrected chi connectivity index (χ1v) is 7.09. The summed E-state index contributed by atoms with van der Waals surface area (Å²) >= 11 is 0. The van der Waals surface area contributed by atoms with E-state index in [1.54, 1.807) is 18.9 Å². The fourth-order valence-corrected chi connectivity index (χ4v) is 2.55. The molecule has 5 heteroatoms. The van der Waals surface area contributed by atoms with Crippen LogP contribution in [0.5, 0.6) is 5.75 Å².